The van der Waals surface area contributed by atoms with Gasteiger partial charge >= 0.3 is 0 Å². The van der Waals surface area contributed by atoms with E-state index < -0.39 is 0 Å². The molecule has 52 valence electrons. The van der Waals surface area contributed by atoms with E-state index in [2.05, 4.69) is 12.2 Å². The Morgan fingerprint density at radius 1 is 0.700 bits per heavy atom. The van der Waals surface area contributed by atoms with Gasteiger partial charge in [0.1, 0.15) is 0 Å². The summed E-state index contributed by atoms with van der Waals surface area (Å²) in [5, 5.41) is 0. The first-order valence-corrected chi connectivity index (χ1v) is 4.63. The minimum atomic E-state index is 1.06. The first kappa shape index (κ1) is 4.58. The molecule has 2 unspecified atom stereocenters. The van der Waals surface area contributed by atoms with E-state index >= 15 is 0 Å². The molecular weight excluding hydrogens is 120 g/mol. The fourth-order valence-corrected chi connectivity index (χ4v) is 3.70. The normalized spacial score (nSPS) is 72.8. The van der Waals surface area contributed by atoms with Crippen molar-refractivity contribution in [3.05, 3.63) is 12.2 Å². The highest BCUT2D eigenvalue weighted by Crippen LogP contribution is 2.71. The van der Waals surface area contributed by atoms with Gasteiger partial charge in [-0.15, -0.1) is 0 Å². The third-order valence-electron chi connectivity index (χ3n) is 4.32. The van der Waals surface area contributed by atoms with Gasteiger partial charge in [0.2, 0.25) is 0 Å². The van der Waals surface area contributed by atoms with Gasteiger partial charge in [-0.2, -0.15) is 0 Å². The summed E-state index contributed by atoms with van der Waals surface area (Å²) in [6, 6.07) is 0. The molecule has 0 aliphatic heterocycles. The van der Waals surface area contributed by atoms with Crippen molar-refractivity contribution in [2.45, 2.75) is 12.8 Å². The molecule has 3 saturated carbocycles. The molecule has 10 heavy (non-hydrogen) atoms. The van der Waals surface area contributed by atoms with Gasteiger partial charge in [-0.05, 0) is 48.3 Å². The highest BCUT2D eigenvalue weighted by molar-refractivity contribution is 5.25. The average molecular weight is 132 g/mol. The van der Waals surface area contributed by atoms with Crippen LogP contribution in [0.2, 0.25) is 0 Å². The summed E-state index contributed by atoms with van der Waals surface area (Å²) in [5.41, 5.74) is 0. The molecular formula is C10H12. The molecule has 5 aliphatic rings. The lowest BCUT2D eigenvalue weighted by atomic mass is 9.76. The first-order chi connectivity index (χ1) is 4.95. The quantitative estimate of drug-likeness (QED) is 0.443. The van der Waals surface area contributed by atoms with Crippen molar-refractivity contribution in [3.63, 3.8) is 0 Å². The van der Waals surface area contributed by atoms with Crippen LogP contribution in [0.5, 0.6) is 0 Å². The Balaban J connectivity index is 1.93. The molecule has 2 bridgehead atoms. The molecule has 0 saturated heterocycles. The van der Waals surface area contributed by atoms with Gasteiger partial charge in [0.25, 0.3) is 0 Å². The zero-order valence-electron chi connectivity index (χ0n) is 6.03. The van der Waals surface area contributed by atoms with Gasteiger partial charge in [-0.1, -0.05) is 12.2 Å². The largest absolute Gasteiger partial charge is 0.0845 e. The minimum Gasteiger partial charge on any atom is -0.0845 e. The summed E-state index contributed by atoms with van der Waals surface area (Å²) in [5.74, 6) is 6.77. The van der Waals surface area contributed by atoms with E-state index in [0.29, 0.717) is 0 Å². The number of hydrogen-bond donors (Lipinski definition) is 0. The number of allylic oxidation sites excluding steroid dienone is 2. The van der Waals surface area contributed by atoms with E-state index in [1.165, 1.54) is 23.7 Å². The fourth-order valence-electron chi connectivity index (χ4n) is 3.70. The van der Waals surface area contributed by atoms with Crippen molar-refractivity contribution in [3.8, 4) is 0 Å². The lowest BCUT2D eigenvalue weighted by Gasteiger charge is -2.28. The predicted molar refractivity (Wildman–Crippen MR) is 39.3 cm³/mol. The SMILES string of the molecule is C1=CC2[C@@H]3C[C@@H]3C1[C@@H]1C[C@@H]21. The highest BCUT2D eigenvalue weighted by atomic mass is 14.7. The van der Waals surface area contributed by atoms with Crippen LogP contribution >= 0.6 is 0 Å². The van der Waals surface area contributed by atoms with Crippen LogP contribution in [0.15, 0.2) is 12.2 Å². The zero-order valence-corrected chi connectivity index (χ0v) is 6.03. The van der Waals surface area contributed by atoms with Crippen LogP contribution in [-0.2, 0) is 0 Å². The smallest absolute Gasteiger partial charge is 0.0171 e. The third-order valence-corrected chi connectivity index (χ3v) is 4.32. The van der Waals surface area contributed by atoms with Crippen molar-refractivity contribution in [1.29, 1.82) is 0 Å². The van der Waals surface area contributed by atoms with Gasteiger partial charge in [0.05, 0.1) is 0 Å². The van der Waals surface area contributed by atoms with Crippen LogP contribution in [0.3, 0.4) is 0 Å². The van der Waals surface area contributed by atoms with Crippen LogP contribution in [0.4, 0.5) is 0 Å². The second-order valence-corrected chi connectivity index (χ2v) is 4.67. The summed E-state index contributed by atoms with van der Waals surface area (Å²) in [6.07, 6.45) is 8.23. The first-order valence-electron chi connectivity index (χ1n) is 4.63. The highest BCUT2D eigenvalue weighted by Gasteiger charge is 2.65. The van der Waals surface area contributed by atoms with Gasteiger partial charge in [-0.3, -0.25) is 0 Å². The van der Waals surface area contributed by atoms with Crippen LogP contribution < -0.4 is 0 Å². The minimum absolute atomic E-state index is 1.06. The Hall–Kier alpha value is -0.260. The van der Waals surface area contributed by atoms with E-state index in [0.717, 1.165) is 11.8 Å². The summed E-state index contributed by atoms with van der Waals surface area (Å²) in [4.78, 5) is 0. The van der Waals surface area contributed by atoms with Crippen LogP contribution in [-0.4, -0.2) is 0 Å². The lowest BCUT2D eigenvalue weighted by Crippen LogP contribution is -2.23. The molecule has 0 amide bonds. The third kappa shape index (κ3) is 0.328. The van der Waals surface area contributed by atoms with Crippen molar-refractivity contribution in [2.75, 3.05) is 0 Å². The molecule has 6 atom stereocenters. The van der Waals surface area contributed by atoms with Crippen LogP contribution in [0.25, 0.3) is 0 Å². The molecule has 5 aliphatic carbocycles. The monoisotopic (exact) mass is 132 g/mol. The van der Waals surface area contributed by atoms with E-state index in [1.54, 1.807) is 12.8 Å². The molecule has 0 heterocycles. The van der Waals surface area contributed by atoms with E-state index in [1.807, 2.05) is 0 Å². The summed E-state index contributed by atoms with van der Waals surface area (Å²) in [7, 11) is 0. The standard InChI is InChI=1S/C10H12/c1-2-6-9-3-7(9)5(1)8-4-10(6)8/h1-2,5-10H,3-4H2/t5?,6?,7-,8-,9-,10+/m0/s1. The lowest BCUT2D eigenvalue weighted by molar-refractivity contribution is 0.290. The van der Waals surface area contributed by atoms with E-state index in [4.69, 9.17) is 0 Å². The van der Waals surface area contributed by atoms with Crippen molar-refractivity contribution >= 4 is 0 Å². The van der Waals surface area contributed by atoms with E-state index in [9.17, 15) is 0 Å². The summed E-state index contributed by atoms with van der Waals surface area (Å²) in [6.45, 7) is 0. The van der Waals surface area contributed by atoms with Crippen molar-refractivity contribution in [2.24, 2.45) is 35.5 Å². The van der Waals surface area contributed by atoms with Crippen LogP contribution in [0.1, 0.15) is 12.8 Å². The molecule has 0 heteroatoms. The summed E-state index contributed by atoms with van der Waals surface area (Å²) >= 11 is 0. The Kier molecular flexibility index (Phi) is 0.508. The maximum absolute atomic E-state index is 2.53. The second-order valence-electron chi connectivity index (χ2n) is 4.67. The molecule has 5 rings (SSSR count). The Bertz CT molecular complexity index is 188. The van der Waals surface area contributed by atoms with Gasteiger partial charge in [-0.25, -0.2) is 0 Å². The number of rotatable bonds is 0. The molecule has 0 aromatic carbocycles. The molecule has 0 aromatic rings. The fraction of sp³-hybridized carbons (Fsp3) is 0.800. The molecule has 0 radical (unpaired) electrons. The second kappa shape index (κ2) is 1.11. The molecule has 0 spiro atoms. The topological polar surface area (TPSA) is 0 Å². The maximum atomic E-state index is 2.53. The number of hydrogen-bond acceptors (Lipinski definition) is 0. The Labute approximate surface area is 61.3 Å². The molecule has 0 N–H and O–H groups in total. The Morgan fingerprint density at radius 2 is 1.10 bits per heavy atom. The zero-order chi connectivity index (χ0) is 6.29. The van der Waals surface area contributed by atoms with Gasteiger partial charge in [0.15, 0.2) is 0 Å². The summed E-state index contributed by atoms with van der Waals surface area (Å²) < 4.78 is 0. The maximum Gasteiger partial charge on any atom is -0.0171 e. The van der Waals surface area contributed by atoms with E-state index in [-0.39, 0.29) is 0 Å². The predicted octanol–water partition coefficient (Wildman–Crippen LogP) is 2.07. The Morgan fingerprint density at radius 3 is 1.50 bits per heavy atom. The van der Waals surface area contributed by atoms with Crippen molar-refractivity contribution in [1.82, 2.24) is 0 Å². The molecule has 3 fully saturated rings. The molecule has 0 nitrogen and oxygen atoms in total. The average Bonchev–Trinajstić information content (AvgIpc) is 2.83. The van der Waals surface area contributed by atoms with Gasteiger partial charge in [0, 0.05) is 0 Å². The van der Waals surface area contributed by atoms with Crippen LogP contribution in [0, 0.1) is 35.5 Å². The molecule has 0 aromatic heterocycles. The van der Waals surface area contributed by atoms with Gasteiger partial charge < -0.3 is 0 Å². The van der Waals surface area contributed by atoms with Crippen molar-refractivity contribution < 1.29 is 0 Å².